The van der Waals surface area contributed by atoms with Crippen LogP contribution in [0.2, 0.25) is 0 Å². The van der Waals surface area contributed by atoms with E-state index < -0.39 is 0 Å². The van der Waals surface area contributed by atoms with Crippen molar-refractivity contribution >= 4 is 23.2 Å². The molecule has 132 valence electrons. The van der Waals surface area contributed by atoms with Gasteiger partial charge in [-0.3, -0.25) is 9.59 Å². The molecular formula is C19H22FN3O2. The van der Waals surface area contributed by atoms with Gasteiger partial charge < -0.3 is 16.0 Å². The van der Waals surface area contributed by atoms with Crippen LogP contribution in [0.5, 0.6) is 0 Å². The first-order chi connectivity index (χ1) is 11.7. The van der Waals surface area contributed by atoms with Crippen molar-refractivity contribution in [2.75, 3.05) is 17.2 Å². The Morgan fingerprint density at radius 2 is 1.68 bits per heavy atom. The van der Waals surface area contributed by atoms with Crippen LogP contribution in [0.1, 0.15) is 31.1 Å². The van der Waals surface area contributed by atoms with Crippen molar-refractivity contribution in [2.45, 2.75) is 26.3 Å². The molecule has 0 radical (unpaired) electrons. The molecule has 2 aromatic rings. The lowest BCUT2D eigenvalue weighted by Gasteiger charge is -2.20. The van der Waals surface area contributed by atoms with Crippen molar-refractivity contribution in [1.29, 1.82) is 0 Å². The standard InChI is InChI=1S/C19H22FN3O2/c1-19(2,3)23-18(25)13-5-4-6-16(11-13)22-17(24)12-21-15-9-7-14(20)8-10-15/h4-11,21H,12H2,1-3H3,(H,22,24)(H,23,25). The van der Waals surface area contributed by atoms with Crippen molar-refractivity contribution in [3.05, 3.63) is 59.9 Å². The molecule has 6 heteroatoms. The maximum absolute atomic E-state index is 12.8. The minimum absolute atomic E-state index is 0.0318. The Morgan fingerprint density at radius 1 is 1.00 bits per heavy atom. The van der Waals surface area contributed by atoms with Gasteiger partial charge in [0.2, 0.25) is 5.91 Å². The van der Waals surface area contributed by atoms with Gasteiger partial charge in [-0.2, -0.15) is 0 Å². The van der Waals surface area contributed by atoms with E-state index in [4.69, 9.17) is 0 Å². The smallest absolute Gasteiger partial charge is 0.251 e. The average molecular weight is 343 g/mol. The van der Waals surface area contributed by atoms with Gasteiger partial charge in [0, 0.05) is 22.5 Å². The highest BCUT2D eigenvalue weighted by atomic mass is 19.1. The number of anilines is 2. The summed E-state index contributed by atoms with van der Waals surface area (Å²) in [6, 6.07) is 12.5. The van der Waals surface area contributed by atoms with Crippen LogP contribution in [-0.2, 0) is 4.79 Å². The molecule has 0 aliphatic heterocycles. The molecule has 3 N–H and O–H groups in total. The number of rotatable bonds is 5. The molecule has 0 heterocycles. The highest BCUT2D eigenvalue weighted by Crippen LogP contribution is 2.13. The van der Waals surface area contributed by atoms with E-state index in [-0.39, 0.29) is 29.7 Å². The second-order valence-electron chi connectivity index (χ2n) is 6.69. The zero-order valence-corrected chi connectivity index (χ0v) is 14.5. The lowest BCUT2D eigenvalue weighted by molar-refractivity contribution is -0.114. The summed E-state index contributed by atoms with van der Waals surface area (Å²) in [4.78, 5) is 24.2. The second-order valence-corrected chi connectivity index (χ2v) is 6.69. The minimum atomic E-state index is -0.338. The first kappa shape index (κ1) is 18.4. The average Bonchev–Trinajstić information content (AvgIpc) is 2.53. The summed E-state index contributed by atoms with van der Waals surface area (Å²) in [5, 5.41) is 8.50. The molecule has 2 rings (SSSR count). The van der Waals surface area contributed by atoms with Crippen molar-refractivity contribution in [1.82, 2.24) is 5.32 Å². The van der Waals surface area contributed by atoms with Gasteiger partial charge in [0.15, 0.2) is 0 Å². The third-order valence-corrected chi connectivity index (χ3v) is 3.19. The number of nitrogens with one attached hydrogen (secondary N) is 3. The van der Waals surface area contributed by atoms with E-state index in [0.29, 0.717) is 16.9 Å². The molecule has 0 saturated heterocycles. The molecule has 0 spiro atoms. The summed E-state index contributed by atoms with van der Waals surface area (Å²) in [6.45, 7) is 5.73. The molecule has 2 aromatic carbocycles. The quantitative estimate of drug-likeness (QED) is 0.779. The summed E-state index contributed by atoms with van der Waals surface area (Å²) in [5.41, 5.74) is 1.32. The van der Waals surface area contributed by atoms with Gasteiger partial charge in [-0.1, -0.05) is 6.07 Å². The van der Waals surface area contributed by atoms with Crippen molar-refractivity contribution in [3.8, 4) is 0 Å². The summed E-state index contributed by atoms with van der Waals surface area (Å²) >= 11 is 0. The van der Waals surface area contributed by atoms with Crippen LogP contribution in [0.3, 0.4) is 0 Å². The summed E-state index contributed by atoms with van der Waals surface area (Å²) in [5.74, 6) is -0.800. The Morgan fingerprint density at radius 3 is 2.32 bits per heavy atom. The van der Waals surface area contributed by atoms with Crippen LogP contribution in [0, 0.1) is 5.82 Å². The number of hydrogen-bond donors (Lipinski definition) is 3. The number of carbonyl (C=O) groups excluding carboxylic acids is 2. The molecular weight excluding hydrogens is 321 g/mol. The first-order valence-corrected chi connectivity index (χ1v) is 7.95. The predicted octanol–water partition coefficient (Wildman–Crippen LogP) is 3.40. The van der Waals surface area contributed by atoms with Gasteiger partial charge in [-0.25, -0.2) is 4.39 Å². The Balaban J connectivity index is 1.93. The molecule has 0 aromatic heterocycles. The van der Waals surface area contributed by atoms with Crippen LogP contribution >= 0.6 is 0 Å². The van der Waals surface area contributed by atoms with Gasteiger partial charge >= 0.3 is 0 Å². The molecule has 0 fully saturated rings. The first-order valence-electron chi connectivity index (χ1n) is 7.95. The molecule has 5 nitrogen and oxygen atoms in total. The highest BCUT2D eigenvalue weighted by Gasteiger charge is 2.15. The number of amides is 2. The third-order valence-electron chi connectivity index (χ3n) is 3.19. The van der Waals surface area contributed by atoms with Gasteiger partial charge in [-0.15, -0.1) is 0 Å². The number of carbonyl (C=O) groups is 2. The Hall–Kier alpha value is -2.89. The van der Waals surface area contributed by atoms with Crippen molar-refractivity contribution in [2.24, 2.45) is 0 Å². The summed E-state index contributed by atoms with van der Waals surface area (Å²) in [7, 11) is 0. The normalized spacial score (nSPS) is 10.9. The number of halogens is 1. The summed E-state index contributed by atoms with van der Waals surface area (Å²) in [6.07, 6.45) is 0. The predicted molar refractivity (Wildman–Crippen MR) is 97.2 cm³/mol. The minimum Gasteiger partial charge on any atom is -0.376 e. The SMILES string of the molecule is CC(C)(C)NC(=O)c1cccc(NC(=O)CNc2ccc(F)cc2)c1. The number of benzene rings is 2. The van der Waals surface area contributed by atoms with E-state index in [0.717, 1.165) is 0 Å². The van der Waals surface area contributed by atoms with Crippen LogP contribution in [0.15, 0.2) is 48.5 Å². The van der Waals surface area contributed by atoms with Crippen molar-refractivity contribution in [3.63, 3.8) is 0 Å². The zero-order valence-electron chi connectivity index (χ0n) is 14.5. The molecule has 25 heavy (non-hydrogen) atoms. The number of hydrogen-bond acceptors (Lipinski definition) is 3. The van der Waals surface area contributed by atoms with E-state index in [1.165, 1.54) is 12.1 Å². The lowest BCUT2D eigenvalue weighted by Crippen LogP contribution is -2.40. The van der Waals surface area contributed by atoms with E-state index in [1.807, 2.05) is 20.8 Å². The maximum atomic E-state index is 12.8. The third kappa shape index (κ3) is 6.25. The van der Waals surface area contributed by atoms with Crippen molar-refractivity contribution < 1.29 is 14.0 Å². The van der Waals surface area contributed by atoms with Gasteiger partial charge in [0.25, 0.3) is 5.91 Å². The van der Waals surface area contributed by atoms with Gasteiger partial charge in [0.05, 0.1) is 6.54 Å². The van der Waals surface area contributed by atoms with E-state index in [9.17, 15) is 14.0 Å². The summed E-state index contributed by atoms with van der Waals surface area (Å²) < 4.78 is 12.8. The van der Waals surface area contributed by atoms with Crippen LogP contribution in [0.25, 0.3) is 0 Å². The molecule has 0 aliphatic carbocycles. The van der Waals surface area contributed by atoms with Crippen LogP contribution in [-0.4, -0.2) is 23.9 Å². The monoisotopic (exact) mass is 343 g/mol. The largest absolute Gasteiger partial charge is 0.376 e. The zero-order chi connectivity index (χ0) is 18.4. The highest BCUT2D eigenvalue weighted by molar-refractivity contribution is 5.98. The fourth-order valence-corrected chi connectivity index (χ4v) is 2.11. The molecule has 0 aliphatic rings. The fraction of sp³-hybridized carbons (Fsp3) is 0.263. The van der Waals surface area contributed by atoms with Crippen LogP contribution < -0.4 is 16.0 Å². The Kier molecular flexibility index (Phi) is 5.75. The molecule has 0 atom stereocenters. The lowest BCUT2D eigenvalue weighted by atomic mass is 10.1. The van der Waals surface area contributed by atoms with E-state index in [1.54, 1.807) is 36.4 Å². The molecule has 2 amide bonds. The Labute approximate surface area is 146 Å². The topological polar surface area (TPSA) is 70.2 Å². The maximum Gasteiger partial charge on any atom is 0.251 e. The molecule has 0 bridgehead atoms. The van der Waals surface area contributed by atoms with E-state index in [2.05, 4.69) is 16.0 Å². The second kappa shape index (κ2) is 7.79. The fourth-order valence-electron chi connectivity index (χ4n) is 2.11. The molecule has 0 saturated carbocycles. The Bertz CT molecular complexity index is 752. The molecule has 0 unspecified atom stereocenters. The van der Waals surface area contributed by atoms with Gasteiger partial charge in [0.1, 0.15) is 5.82 Å². The van der Waals surface area contributed by atoms with E-state index >= 15 is 0 Å². The van der Waals surface area contributed by atoms with Crippen LogP contribution in [0.4, 0.5) is 15.8 Å². The van der Waals surface area contributed by atoms with Gasteiger partial charge in [-0.05, 0) is 63.2 Å².